The second-order valence-electron chi connectivity index (χ2n) is 3.65. The summed E-state index contributed by atoms with van der Waals surface area (Å²) in [5.41, 5.74) is 1.34. The highest BCUT2D eigenvalue weighted by Gasteiger charge is 2.16. The van der Waals surface area contributed by atoms with E-state index in [1.807, 2.05) is 19.9 Å². The van der Waals surface area contributed by atoms with Crippen molar-refractivity contribution in [3.8, 4) is 0 Å². The Kier molecular flexibility index (Phi) is 3.94. The number of hydrogen-bond acceptors (Lipinski definition) is 1. The molecule has 72 valence electrons. The summed E-state index contributed by atoms with van der Waals surface area (Å²) in [5, 5.41) is 0. The maximum Gasteiger partial charge on any atom is 0.162 e. The average Bonchev–Trinajstić information content (AvgIpc) is 2.18. The molecule has 0 aromatic carbocycles. The third kappa shape index (κ3) is 2.83. The van der Waals surface area contributed by atoms with E-state index in [2.05, 4.69) is 6.08 Å². The van der Waals surface area contributed by atoms with Crippen LogP contribution in [-0.2, 0) is 4.79 Å². The topological polar surface area (TPSA) is 17.1 Å². The normalized spacial score (nSPS) is 20.0. The van der Waals surface area contributed by atoms with Gasteiger partial charge in [-0.05, 0) is 38.7 Å². The summed E-state index contributed by atoms with van der Waals surface area (Å²) in [6.07, 6.45) is 10.6. The van der Waals surface area contributed by atoms with E-state index in [9.17, 15) is 4.79 Å². The fourth-order valence-electron chi connectivity index (χ4n) is 1.75. The van der Waals surface area contributed by atoms with Gasteiger partial charge in [0.15, 0.2) is 5.78 Å². The van der Waals surface area contributed by atoms with E-state index in [1.165, 1.54) is 18.4 Å². The zero-order chi connectivity index (χ0) is 9.68. The van der Waals surface area contributed by atoms with Gasteiger partial charge in [-0.2, -0.15) is 0 Å². The number of allylic oxidation sites excluding steroid dienone is 4. The van der Waals surface area contributed by atoms with Crippen LogP contribution >= 0.6 is 0 Å². The minimum atomic E-state index is 0.108. The third-order valence-corrected chi connectivity index (χ3v) is 2.64. The predicted molar refractivity (Wildman–Crippen MR) is 55.5 cm³/mol. The Labute approximate surface area is 80.5 Å². The second kappa shape index (κ2) is 5.00. The molecule has 13 heavy (non-hydrogen) atoms. The average molecular weight is 178 g/mol. The van der Waals surface area contributed by atoms with Crippen LogP contribution in [0.5, 0.6) is 0 Å². The second-order valence-corrected chi connectivity index (χ2v) is 3.65. The van der Waals surface area contributed by atoms with Gasteiger partial charge >= 0.3 is 0 Å². The zero-order valence-electron chi connectivity index (χ0n) is 8.55. The van der Waals surface area contributed by atoms with E-state index in [1.54, 1.807) is 6.08 Å². The summed E-state index contributed by atoms with van der Waals surface area (Å²) in [6.45, 7) is 3.90. The van der Waals surface area contributed by atoms with Gasteiger partial charge in [-0.15, -0.1) is 0 Å². The van der Waals surface area contributed by atoms with E-state index in [0.29, 0.717) is 0 Å². The lowest BCUT2D eigenvalue weighted by Crippen LogP contribution is -2.12. The van der Waals surface area contributed by atoms with Crippen molar-refractivity contribution in [2.24, 2.45) is 5.92 Å². The van der Waals surface area contributed by atoms with Gasteiger partial charge in [0.1, 0.15) is 0 Å². The molecule has 0 fully saturated rings. The summed E-state index contributed by atoms with van der Waals surface area (Å²) in [4.78, 5) is 11.5. The lowest BCUT2D eigenvalue weighted by molar-refractivity contribution is -0.116. The summed E-state index contributed by atoms with van der Waals surface area (Å²) in [5.74, 6) is 0.354. The maximum atomic E-state index is 11.5. The van der Waals surface area contributed by atoms with Gasteiger partial charge < -0.3 is 0 Å². The van der Waals surface area contributed by atoms with Crippen molar-refractivity contribution in [3.63, 3.8) is 0 Å². The molecule has 1 nitrogen and oxygen atoms in total. The van der Waals surface area contributed by atoms with Crippen molar-refractivity contribution in [1.82, 2.24) is 0 Å². The van der Waals surface area contributed by atoms with Gasteiger partial charge in [0.25, 0.3) is 0 Å². The number of ketones is 1. The minimum Gasteiger partial charge on any atom is -0.294 e. The van der Waals surface area contributed by atoms with Crippen LogP contribution in [0, 0.1) is 5.92 Å². The fraction of sp³-hybridized carbons (Fsp3) is 0.583. The van der Waals surface area contributed by atoms with Gasteiger partial charge in [-0.1, -0.05) is 24.6 Å². The van der Waals surface area contributed by atoms with E-state index in [-0.39, 0.29) is 11.7 Å². The van der Waals surface area contributed by atoms with Crippen LogP contribution in [0.4, 0.5) is 0 Å². The summed E-state index contributed by atoms with van der Waals surface area (Å²) >= 11 is 0. The molecule has 0 aromatic heterocycles. The first-order chi connectivity index (χ1) is 6.25. The lowest BCUT2D eigenvalue weighted by Gasteiger charge is -2.17. The van der Waals surface area contributed by atoms with Gasteiger partial charge in [-0.3, -0.25) is 4.79 Å². The molecule has 1 heteroatoms. The number of carbonyl (C=O) groups is 1. The van der Waals surface area contributed by atoms with Crippen LogP contribution in [0.2, 0.25) is 0 Å². The van der Waals surface area contributed by atoms with Gasteiger partial charge in [0.05, 0.1) is 0 Å². The molecule has 0 aliphatic heterocycles. The molecular weight excluding hydrogens is 160 g/mol. The summed E-state index contributed by atoms with van der Waals surface area (Å²) in [6, 6.07) is 0. The molecule has 1 unspecified atom stereocenters. The molecular formula is C12H18O. The van der Waals surface area contributed by atoms with Crippen LogP contribution in [-0.4, -0.2) is 5.78 Å². The van der Waals surface area contributed by atoms with Crippen molar-refractivity contribution in [2.45, 2.75) is 39.5 Å². The van der Waals surface area contributed by atoms with Crippen molar-refractivity contribution < 1.29 is 4.79 Å². The van der Waals surface area contributed by atoms with Crippen LogP contribution in [0.25, 0.3) is 0 Å². The molecule has 1 rings (SSSR count). The molecule has 0 saturated heterocycles. The first kappa shape index (κ1) is 10.2. The van der Waals surface area contributed by atoms with Crippen LogP contribution < -0.4 is 0 Å². The lowest BCUT2D eigenvalue weighted by atomic mass is 9.88. The van der Waals surface area contributed by atoms with Crippen molar-refractivity contribution in [3.05, 3.63) is 23.8 Å². The number of rotatable bonds is 3. The Balaban J connectivity index is 2.60. The van der Waals surface area contributed by atoms with Crippen LogP contribution in [0.1, 0.15) is 39.5 Å². The van der Waals surface area contributed by atoms with Crippen molar-refractivity contribution >= 4 is 5.78 Å². The molecule has 0 saturated carbocycles. The van der Waals surface area contributed by atoms with Crippen molar-refractivity contribution in [1.29, 1.82) is 0 Å². The largest absolute Gasteiger partial charge is 0.294 e. The standard InChI is InChI=1S/C12H18O/c1-3-7-12(13)10(2)11-8-5-4-6-9-11/h3,7-8,10H,4-6,9H2,1-2H3/b7-3+. The molecule has 0 bridgehead atoms. The molecule has 0 heterocycles. The highest BCUT2D eigenvalue weighted by molar-refractivity contribution is 5.93. The molecule has 0 amide bonds. The molecule has 1 aliphatic rings. The maximum absolute atomic E-state index is 11.5. The Morgan fingerprint density at radius 2 is 2.31 bits per heavy atom. The van der Waals surface area contributed by atoms with E-state index < -0.39 is 0 Å². The fourth-order valence-corrected chi connectivity index (χ4v) is 1.75. The summed E-state index contributed by atoms with van der Waals surface area (Å²) < 4.78 is 0. The predicted octanol–water partition coefficient (Wildman–Crippen LogP) is 3.27. The Morgan fingerprint density at radius 1 is 1.54 bits per heavy atom. The smallest absolute Gasteiger partial charge is 0.162 e. The molecule has 0 spiro atoms. The van der Waals surface area contributed by atoms with Crippen LogP contribution in [0.15, 0.2) is 23.8 Å². The quantitative estimate of drug-likeness (QED) is 0.479. The molecule has 1 aliphatic carbocycles. The SMILES string of the molecule is C/C=C/C(=O)C(C)C1=CCCCC1. The van der Waals surface area contributed by atoms with E-state index >= 15 is 0 Å². The van der Waals surface area contributed by atoms with Crippen LogP contribution in [0.3, 0.4) is 0 Å². The molecule has 0 radical (unpaired) electrons. The zero-order valence-corrected chi connectivity index (χ0v) is 8.55. The Hall–Kier alpha value is -0.850. The highest BCUT2D eigenvalue weighted by Crippen LogP contribution is 2.24. The third-order valence-electron chi connectivity index (χ3n) is 2.64. The highest BCUT2D eigenvalue weighted by atomic mass is 16.1. The van der Waals surface area contributed by atoms with E-state index in [0.717, 1.165) is 12.8 Å². The molecule has 0 N–H and O–H groups in total. The summed E-state index contributed by atoms with van der Waals surface area (Å²) in [7, 11) is 0. The van der Waals surface area contributed by atoms with Crippen molar-refractivity contribution in [2.75, 3.05) is 0 Å². The monoisotopic (exact) mass is 178 g/mol. The molecule has 0 aromatic rings. The Bertz CT molecular complexity index is 236. The van der Waals surface area contributed by atoms with Gasteiger partial charge in [0.2, 0.25) is 0 Å². The van der Waals surface area contributed by atoms with E-state index in [4.69, 9.17) is 0 Å². The molecule has 1 atom stereocenters. The first-order valence-electron chi connectivity index (χ1n) is 5.11. The van der Waals surface area contributed by atoms with Gasteiger partial charge in [0, 0.05) is 5.92 Å². The first-order valence-corrected chi connectivity index (χ1v) is 5.11. The minimum absolute atomic E-state index is 0.108. The number of carbonyl (C=O) groups excluding carboxylic acids is 1. The van der Waals surface area contributed by atoms with Gasteiger partial charge in [-0.25, -0.2) is 0 Å². The number of hydrogen-bond donors (Lipinski definition) is 0. The Morgan fingerprint density at radius 3 is 2.85 bits per heavy atom.